The summed E-state index contributed by atoms with van der Waals surface area (Å²) in [4.78, 5) is 23.6. The van der Waals surface area contributed by atoms with Gasteiger partial charge in [-0.3, -0.25) is 4.79 Å². The van der Waals surface area contributed by atoms with Crippen molar-refractivity contribution in [2.24, 2.45) is 0 Å². The fraction of sp³-hybridized carbons (Fsp3) is 0.300. The van der Waals surface area contributed by atoms with E-state index in [9.17, 15) is 9.59 Å². The predicted octanol–water partition coefficient (Wildman–Crippen LogP) is 2.55. The molecule has 0 aliphatic carbocycles. The average Bonchev–Trinajstić information content (AvgIpc) is 2.66. The number of hydrogen-bond donors (Lipinski definition) is 1. The third kappa shape index (κ3) is 5.51. The number of hydrogen-bond acceptors (Lipinski definition) is 5. The van der Waals surface area contributed by atoms with Crippen molar-refractivity contribution in [2.75, 3.05) is 20.3 Å². The Morgan fingerprint density at radius 3 is 2.46 bits per heavy atom. The van der Waals surface area contributed by atoms with Crippen LogP contribution in [-0.4, -0.2) is 32.2 Å². The van der Waals surface area contributed by atoms with Crippen molar-refractivity contribution in [1.82, 2.24) is 5.32 Å². The van der Waals surface area contributed by atoms with Crippen LogP contribution in [0.3, 0.4) is 0 Å². The van der Waals surface area contributed by atoms with Gasteiger partial charge in [0.2, 0.25) is 0 Å². The molecule has 26 heavy (non-hydrogen) atoms. The first-order valence-electron chi connectivity index (χ1n) is 8.24. The van der Waals surface area contributed by atoms with Crippen LogP contribution in [0.15, 0.2) is 42.5 Å². The Bertz CT molecular complexity index is 773. The lowest BCUT2D eigenvalue weighted by Crippen LogP contribution is -2.29. The monoisotopic (exact) mass is 357 g/mol. The summed E-state index contributed by atoms with van der Waals surface area (Å²) < 4.78 is 15.6. The molecule has 0 saturated heterocycles. The molecular formula is C20H23NO5. The summed E-state index contributed by atoms with van der Waals surface area (Å²) in [6.45, 7) is 3.57. The molecule has 0 spiro atoms. The highest BCUT2D eigenvalue weighted by molar-refractivity contribution is 5.80. The largest absolute Gasteiger partial charge is 0.496 e. The van der Waals surface area contributed by atoms with Gasteiger partial charge in [-0.1, -0.05) is 30.3 Å². The van der Waals surface area contributed by atoms with E-state index < -0.39 is 11.9 Å². The van der Waals surface area contributed by atoms with Gasteiger partial charge >= 0.3 is 5.97 Å². The zero-order chi connectivity index (χ0) is 18.9. The van der Waals surface area contributed by atoms with Gasteiger partial charge in [0.15, 0.2) is 13.2 Å². The van der Waals surface area contributed by atoms with Crippen LogP contribution in [0.5, 0.6) is 11.5 Å². The van der Waals surface area contributed by atoms with Crippen LogP contribution in [0.4, 0.5) is 0 Å². The Labute approximate surface area is 153 Å². The molecule has 2 aromatic rings. The first-order valence-corrected chi connectivity index (χ1v) is 8.24. The fourth-order valence-corrected chi connectivity index (χ4v) is 2.30. The second kappa shape index (κ2) is 9.46. The number of aryl methyl sites for hydroxylation is 1. The number of methoxy groups -OCH3 is 1. The molecule has 0 aliphatic rings. The first kappa shape index (κ1) is 19.3. The maximum absolute atomic E-state index is 11.8. The van der Waals surface area contributed by atoms with Gasteiger partial charge < -0.3 is 19.5 Å². The van der Waals surface area contributed by atoms with Gasteiger partial charge in [-0.15, -0.1) is 0 Å². The number of carbonyl (C=O) groups is 2. The normalized spacial score (nSPS) is 10.1. The summed E-state index contributed by atoms with van der Waals surface area (Å²) in [5.74, 6) is 0.323. The number of benzene rings is 2. The van der Waals surface area contributed by atoms with Gasteiger partial charge in [0.05, 0.1) is 7.11 Å². The lowest BCUT2D eigenvalue weighted by atomic mass is 10.1. The van der Waals surface area contributed by atoms with Crippen LogP contribution in [0, 0.1) is 13.8 Å². The van der Waals surface area contributed by atoms with E-state index in [1.54, 1.807) is 13.2 Å². The lowest BCUT2D eigenvalue weighted by molar-refractivity contribution is -0.150. The molecule has 6 nitrogen and oxygen atoms in total. The minimum absolute atomic E-state index is 0.246. The number of carbonyl (C=O) groups excluding carboxylic acids is 2. The molecule has 0 unspecified atom stereocenters. The Hall–Kier alpha value is -3.02. The minimum atomic E-state index is -0.599. The molecule has 0 radical (unpaired) electrons. The fourth-order valence-electron chi connectivity index (χ4n) is 2.30. The molecule has 1 N–H and O–H groups in total. The Morgan fingerprint density at radius 2 is 1.69 bits per heavy atom. The second-order valence-corrected chi connectivity index (χ2v) is 5.74. The summed E-state index contributed by atoms with van der Waals surface area (Å²) in [6, 6.07) is 13.0. The molecule has 0 atom stereocenters. The van der Waals surface area contributed by atoms with Crippen LogP contribution >= 0.6 is 0 Å². The Balaban J connectivity index is 1.73. The quantitative estimate of drug-likeness (QED) is 0.735. The standard InChI is InChI=1S/C20H23NO5/c1-14-7-6-10-17(15(14)2)25-13-20(23)26-12-19(22)21-11-16-8-4-5-9-18(16)24-3/h4-10H,11-13H2,1-3H3,(H,21,22). The third-order valence-electron chi connectivity index (χ3n) is 3.93. The minimum Gasteiger partial charge on any atom is -0.496 e. The number of amides is 1. The van der Waals surface area contributed by atoms with Gasteiger partial charge in [-0.25, -0.2) is 4.79 Å². The number of esters is 1. The van der Waals surface area contributed by atoms with Crippen LogP contribution in [0.1, 0.15) is 16.7 Å². The predicted molar refractivity (Wildman–Crippen MR) is 97.2 cm³/mol. The molecule has 2 rings (SSSR count). The van der Waals surface area contributed by atoms with Crippen molar-refractivity contribution in [2.45, 2.75) is 20.4 Å². The van der Waals surface area contributed by atoms with Gasteiger partial charge in [0.1, 0.15) is 11.5 Å². The van der Waals surface area contributed by atoms with Gasteiger partial charge in [-0.05, 0) is 37.1 Å². The van der Waals surface area contributed by atoms with Crippen molar-refractivity contribution in [3.63, 3.8) is 0 Å². The van der Waals surface area contributed by atoms with E-state index in [0.717, 1.165) is 16.7 Å². The molecule has 0 heterocycles. The SMILES string of the molecule is COc1ccccc1CNC(=O)COC(=O)COc1cccc(C)c1C. The summed E-state index contributed by atoms with van der Waals surface area (Å²) in [6.07, 6.45) is 0. The van der Waals surface area contributed by atoms with E-state index in [0.29, 0.717) is 18.0 Å². The molecule has 2 aromatic carbocycles. The second-order valence-electron chi connectivity index (χ2n) is 5.74. The van der Waals surface area contributed by atoms with Crippen molar-refractivity contribution in [3.05, 3.63) is 59.2 Å². The smallest absolute Gasteiger partial charge is 0.344 e. The average molecular weight is 357 g/mol. The van der Waals surface area contributed by atoms with E-state index >= 15 is 0 Å². The summed E-state index contributed by atoms with van der Waals surface area (Å²) in [5.41, 5.74) is 2.88. The van der Waals surface area contributed by atoms with Crippen molar-refractivity contribution in [3.8, 4) is 11.5 Å². The van der Waals surface area contributed by atoms with Crippen LogP contribution < -0.4 is 14.8 Å². The highest BCUT2D eigenvalue weighted by Crippen LogP contribution is 2.20. The molecule has 0 aromatic heterocycles. The van der Waals surface area contributed by atoms with Crippen molar-refractivity contribution in [1.29, 1.82) is 0 Å². The van der Waals surface area contributed by atoms with Gasteiger partial charge in [0, 0.05) is 12.1 Å². The zero-order valence-corrected chi connectivity index (χ0v) is 15.2. The molecule has 0 bridgehead atoms. The highest BCUT2D eigenvalue weighted by Gasteiger charge is 2.10. The van der Waals surface area contributed by atoms with Crippen LogP contribution in [0.2, 0.25) is 0 Å². The number of para-hydroxylation sites is 1. The third-order valence-corrected chi connectivity index (χ3v) is 3.93. The molecule has 6 heteroatoms. The topological polar surface area (TPSA) is 73.9 Å². The van der Waals surface area contributed by atoms with Crippen LogP contribution in [-0.2, 0) is 20.9 Å². The van der Waals surface area contributed by atoms with Crippen LogP contribution in [0.25, 0.3) is 0 Å². The maximum atomic E-state index is 11.8. The molecule has 0 saturated carbocycles. The molecular weight excluding hydrogens is 334 g/mol. The van der Waals surface area contributed by atoms with E-state index in [2.05, 4.69) is 5.32 Å². The highest BCUT2D eigenvalue weighted by atomic mass is 16.6. The molecule has 0 fully saturated rings. The van der Waals surface area contributed by atoms with Crippen molar-refractivity contribution >= 4 is 11.9 Å². The molecule has 138 valence electrons. The number of nitrogens with one attached hydrogen (secondary N) is 1. The van der Waals surface area contributed by atoms with Gasteiger partial charge in [-0.2, -0.15) is 0 Å². The molecule has 1 amide bonds. The maximum Gasteiger partial charge on any atom is 0.344 e. The molecule has 0 aliphatic heterocycles. The lowest BCUT2D eigenvalue weighted by Gasteiger charge is -2.11. The van der Waals surface area contributed by atoms with Gasteiger partial charge in [0.25, 0.3) is 5.91 Å². The summed E-state index contributed by atoms with van der Waals surface area (Å²) in [7, 11) is 1.57. The summed E-state index contributed by atoms with van der Waals surface area (Å²) >= 11 is 0. The van der Waals surface area contributed by atoms with Crippen molar-refractivity contribution < 1.29 is 23.8 Å². The van der Waals surface area contributed by atoms with E-state index in [1.807, 2.05) is 50.2 Å². The first-order chi connectivity index (χ1) is 12.5. The zero-order valence-electron chi connectivity index (χ0n) is 15.2. The summed E-state index contributed by atoms with van der Waals surface area (Å²) in [5, 5.41) is 2.68. The number of rotatable bonds is 8. The van der Waals surface area contributed by atoms with E-state index in [4.69, 9.17) is 14.2 Å². The number of ether oxygens (including phenoxy) is 3. The van der Waals surface area contributed by atoms with E-state index in [-0.39, 0.29) is 13.2 Å². The van der Waals surface area contributed by atoms with E-state index in [1.165, 1.54) is 0 Å². The Kier molecular flexibility index (Phi) is 7.02. The Morgan fingerprint density at radius 1 is 0.962 bits per heavy atom.